The summed E-state index contributed by atoms with van der Waals surface area (Å²) in [6, 6.07) is 1.94. The predicted octanol–water partition coefficient (Wildman–Crippen LogP) is 2.02. The van der Waals surface area contributed by atoms with Crippen molar-refractivity contribution in [2.75, 3.05) is 29.9 Å². The third kappa shape index (κ3) is 3.91. The van der Waals surface area contributed by atoms with Crippen LogP contribution < -0.4 is 10.2 Å². The summed E-state index contributed by atoms with van der Waals surface area (Å²) in [6.07, 6.45) is 1.61. The molecule has 0 unspecified atom stereocenters. The Morgan fingerprint density at radius 3 is 2.89 bits per heavy atom. The summed E-state index contributed by atoms with van der Waals surface area (Å²) < 4.78 is 0. The lowest BCUT2D eigenvalue weighted by Gasteiger charge is -2.27. The number of carbonyl (C=O) groups is 1. The number of carbonyl (C=O) groups excluding carboxylic acids is 1. The minimum absolute atomic E-state index is 0.291. The van der Waals surface area contributed by atoms with E-state index in [1.54, 1.807) is 0 Å². The molecule has 1 aliphatic heterocycles. The molecule has 1 fully saturated rings. The number of hydrogen-bond acceptors (Lipinski definition) is 5. The van der Waals surface area contributed by atoms with E-state index in [2.05, 4.69) is 29.1 Å². The van der Waals surface area contributed by atoms with Crippen LogP contribution in [0.2, 0.25) is 0 Å². The van der Waals surface area contributed by atoms with Crippen molar-refractivity contribution in [1.82, 2.24) is 9.97 Å². The molecule has 0 amide bonds. The quantitative estimate of drug-likeness (QED) is 0.899. The summed E-state index contributed by atoms with van der Waals surface area (Å²) in [7, 11) is 0. The molecule has 0 aromatic carbocycles. The summed E-state index contributed by atoms with van der Waals surface area (Å²) in [5.41, 5.74) is 0. The second-order valence-corrected chi connectivity index (χ2v) is 5.50. The van der Waals surface area contributed by atoms with Crippen LogP contribution in [0.15, 0.2) is 6.07 Å². The van der Waals surface area contributed by atoms with E-state index in [0.717, 1.165) is 37.0 Å². The van der Waals surface area contributed by atoms with Crippen molar-refractivity contribution < 1.29 is 4.79 Å². The van der Waals surface area contributed by atoms with Crippen molar-refractivity contribution >= 4 is 17.4 Å². The largest absolute Gasteiger partial charge is 0.370 e. The van der Waals surface area contributed by atoms with Gasteiger partial charge in [0.25, 0.3) is 0 Å². The summed E-state index contributed by atoms with van der Waals surface area (Å²) in [4.78, 5) is 22.4. The molecule has 0 bridgehead atoms. The van der Waals surface area contributed by atoms with E-state index in [4.69, 9.17) is 0 Å². The Bertz CT molecular complexity index is 459. The summed E-state index contributed by atoms with van der Waals surface area (Å²) in [5, 5.41) is 3.31. The number of hydrogen-bond donors (Lipinski definition) is 1. The highest BCUT2D eigenvalue weighted by Gasteiger charge is 2.18. The maximum absolute atomic E-state index is 11.5. The van der Waals surface area contributed by atoms with Crippen molar-refractivity contribution in [3.05, 3.63) is 11.9 Å². The molecule has 1 saturated heterocycles. The Kier molecular flexibility index (Phi) is 4.35. The first kappa shape index (κ1) is 13.8. The van der Waals surface area contributed by atoms with Gasteiger partial charge in [0.05, 0.1) is 6.54 Å². The maximum Gasteiger partial charge on any atom is 0.152 e. The van der Waals surface area contributed by atoms with Gasteiger partial charge in [-0.25, -0.2) is 9.97 Å². The minimum Gasteiger partial charge on any atom is -0.370 e. The van der Waals surface area contributed by atoms with E-state index >= 15 is 0 Å². The predicted molar refractivity (Wildman–Crippen MR) is 76.6 cm³/mol. The van der Waals surface area contributed by atoms with Crippen LogP contribution >= 0.6 is 0 Å². The van der Waals surface area contributed by atoms with Crippen LogP contribution in [-0.4, -0.2) is 35.4 Å². The van der Waals surface area contributed by atoms with Crippen LogP contribution in [0.25, 0.3) is 0 Å². The fourth-order valence-electron chi connectivity index (χ4n) is 2.15. The Morgan fingerprint density at radius 2 is 2.21 bits per heavy atom. The molecule has 2 rings (SSSR count). The van der Waals surface area contributed by atoms with Crippen molar-refractivity contribution in [3.8, 4) is 0 Å². The lowest BCUT2D eigenvalue weighted by Crippen LogP contribution is -2.36. The van der Waals surface area contributed by atoms with Gasteiger partial charge < -0.3 is 10.2 Å². The lowest BCUT2D eigenvalue weighted by atomic mass is 10.1. The smallest absolute Gasteiger partial charge is 0.152 e. The normalized spacial score (nSPS) is 16.0. The van der Waals surface area contributed by atoms with Gasteiger partial charge in [-0.2, -0.15) is 0 Å². The molecule has 0 aliphatic carbocycles. The second kappa shape index (κ2) is 5.99. The first-order valence-corrected chi connectivity index (χ1v) is 6.91. The molecule has 0 atom stereocenters. The Labute approximate surface area is 114 Å². The van der Waals surface area contributed by atoms with Crippen molar-refractivity contribution in [2.45, 2.75) is 33.6 Å². The van der Waals surface area contributed by atoms with Crippen LogP contribution in [0, 0.1) is 12.8 Å². The van der Waals surface area contributed by atoms with Gasteiger partial charge in [-0.1, -0.05) is 13.8 Å². The number of anilines is 2. The number of nitrogens with one attached hydrogen (secondary N) is 1. The molecular weight excluding hydrogens is 240 g/mol. The van der Waals surface area contributed by atoms with Crippen LogP contribution in [-0.2, 0) is 4.79 Å². The highest BCUT2D eigenvalue weighted by atomic mass is 16.1. The third-order valence-corrected chi connectivity index (χ3v) is 3.09. The van der Waals surface area contributed by atoms with Crippen molar-refractivity contribution in [1.29, 1.82) is 0 Å². The highest BCUT2D eigenvalue weighted by molar-refractivity contribution is 5.84. The molecule has 1 aliphatic rings. The number of aromatic nitrogens is 2. The molecule has 5 nitrogen and oxygen atoms in total. The topological polar surface area (TPSA) is 58.1 Å². The van der Waals surface area contributed by atoms with Crippen LogP contribution in [0.3, 0.4) is 0 Å². The number of rotatable bonds is 4. The van der Waals surface area contributed by atoms with Gasteiger partial charge in [-0.15, -0.1) is 0 Å². The van der Waals surface area contributed by atoms with Crippen molar-refractivity contribution in [3.63, 3.8) is 0 Å². The molecule has 104 valence electrons. The molecule has 0 saturated carbocycles. The molecule has 1 aromatic heterocycles. The van der Waals surface area contributed by atoms with E-state index in [-0.39, 0.29) is 0 Å². The number of ketones is 1. The molecule has 1 aromatic rings. The Morgan fingerprint density at radius 1 is 1.42 bits per heavy atom. The van der Waals surface area contributed by atoms with Crippen LogP contribution in [0.1, 0.15) is 32.5 Å². The molecule has 19 heavy (non-hydrogen) atoms. The Hall–Kier alpha value is -1.65. The maximum atomic E-state index is 11.5. The molecule has 2 heterocycles. The van der Waals surface area contributed by atoms with Gasteiger partial charge in [0.15, 0.2) is 5.78 Å². The van der Waals surface area contributed by atoms with Crippen LogP contribution in [0.5, 0.6) is 0 Å². The van der Waals surface area contributed by atoms with Gasteiger partial charge in [-0.05, 0) is 19.3 Å². The third-order valence-electron chi connectivity index (χ3n) is 3.09. The minimum atomic E-state index is 0.291. The first-order chi connectivity index (χ1) is 9.04. The van der Waals surface area contributed by atoms with Gasteiger partial charge >= 0.3 is 0 Å². The number of aryl methyl sites for hydroxylation is 1. The molecule has 1 N–H and O–H groups in total. The molecule has 0 spiro atoms. The van der Waals surface area contributed by atoms with Crippen LogP contribution in [0.4, 0.5) is 11.6 Å². The van der Waals surface area contributed by atoms with E-state index in [1.165, 1.54) is 0 Å². The molecule has 5 heteroatoms. The van der Waals surface area contributed by atoms with Crippen molar-refractivity contribution in [2.24, 2.45) is 5.92 Å². The summed E-state index contributed by atoms with van der Waals surface area (Å²) >= 11 is 0. The molecular formula is C14H22N4O. The fourth-order valence-corrected chi connectivity index (χ4v) is 2.15. The average Bonchev–Trinajstić information content (AvgIpc) is 2.36. The number of piperidine rings is 1. The van der Waals surface area contributed by atoms with Gasteiger partial charge in [0, 0.05) is 25.6 Å². The Balaban J connectivity index is 2.13. The summed E-state index contributed by atoms with van der Waals surface area (Å²) in [6.45, 7) is 8.45. The summed E-state index contributed by atoms with van der Waals surface area (Å²) in [5.74, 6) is 3.29. The zero-order valence-electron chi connectivity index (χ0n) is 11.9. The number of nitrogens with zero attached hydrogens (tertiary/aromatic N) is 3. The van der Waals surface area contributed by atoms with Gasteiger partial charge in [0.2, 0.25) is 0 Å². The fraction of sp³-hybridized carbons (Fsp3) is 0.643. The highest BCUT2D eigenvalue weighted by Crippen LogP contribution is 2.19. The zero-order chi connectivity index (χ0) is 13.8. The zero-order valence-corrected chi connectivity index (χ0v) is 11.9. The number of Topliss-reactive ketones (excluding diaryl/α,β-unsaturated/α-hetero) is 1. The van der Waals surface area contributed by atoms with Gasteiger partial charge in [0.1, 0.15) is 17.5 Å². The SMILES string of the molecule is Cc1nc(NCC(C)C)cc(N2CCCC(=O)C2)n1. The first-order valence-electron chi connectivity index (χ1n) is 6.91. The van der Waals surface area contributed by atoms with E-state index < -0.39 is 0 Å². The standard InChI is InChI=1S/C14H22N4O/c1-10(2)8-15-13-7-14(17-11(3)16-13)18-6-4-5-12(19)9-18/h7,10H,4-6,8-9H2,1-3H3,(H,15,16,17). The van der Waals surface area contributed by atoms with E-state index in [0.29, 0.717) is 24.7 Å². The average molecular weight is 262 g/mol. The second-order valence-electron chi connectivity index (χ2n) is 5.50. The monoisotopic (exact) mass is 262 g/mol. The lowest BCUT2D eigenvalue weighted by molar-refractivity contribution is -0.118. The van der Waals surface area contributed by atoms with E-state index in [9.17, 15) is 4.79 Å². The van der Waals surface area contributed by atoms with E-state index in [1.807, 2.05) is 17.9 Å². The molecule has 0 radical (unpaired) electrons. The van der Waals surface area contributed by atoms with Gasteiger partial charge in [-0.3, -0.25) is 4.79 Å².